The second kappa shape index (κ2) is 9.18. The first-order chi connectivity index (χ1) is 16.7. The normalized spacial score (nSPS) is 13.3. The third-order valence-electron chi connectivity index (χ3n) is 5.64. The third kappa shape index (κ3) is 4.12. The summed E-state index contributed by atoms with van der Waals surface area (Å²) in [7, 11) is 1.48. The van der Waals surface area contributed by atoms with E-state index in [-0.39, 0.29) is 27.9 Å². The number of fused-ring (bicyclic) bond motifs is 1. The molecule has 1 atom stereocenters. The molecule has 10 heteroatoms. The van der Waals surface area contributed by atoms with Gasteiger partial charge in [-0.15, -0.1) is 0 Å². The highest BCUT2D eigenvalue weighted by Crippen LogP contribution is 2.28. The largest absolute Gasteiger partial charge is 0.497 e. The fraction of sp³-hybridized carbons (Fsp3) is 0.120. The number of hydrazine groups is 1. The summed E-state index contributed by atoms with van der Waals surface area (Å²) in [4.78, 5) is 63.6. The highest BCUT2D eigenvalue weighted by Gasteiger charge is 2.44. The molecule has 0 bridgehead atoms. The van der Waals surface area contributed by atoms with Gasteiger partial charge in [0.25, 0.3) is 23.4 Å². The van der Waals surface area contributed by atoms with Gasteiger partial charge in [0, 0.05) is 23.3 Å². The Hall–Kier alpha value is -4.86. The molecule has 0 radical (unpaired) electrons. The molecule has 1 aliphatic heterocycles. The molecule has 3 aromatic carbocycles. The van der Waals surface area contributed by atoms with Gasteiger partial charge in [0.2, 0.25) is 0 Å². The number of Topliss-reactive ketones (excluding diaryl/α,β-unsaturated/α-hetero) is 1. The van der Waals surface area contributed by atoms with Crippen molar-refractivity contribution < 1.29 is 28.8 Å². The number of nitro groups is 1. The minimum Gasteiger partial charge on any atom is -0.497 e. The number of rotatable bonds is 7. The Morgan fingerprint density at radius 3 is 1.89 bits per heavy atom. The highest BCUT2D eigenvalue weighted by molar-refractivity contribution is 6.22. The molecule has 176 valence electrons. The average Bonchev–Trinajstić information content (AvgIpc) is 3.13. The Kier molecular flexibility index (Phi) is 6.11. The summed E-state index contributed by atoms with van der Waals surface area (Å²) in [5.41, 5.74) is 0.153. The maximum Gasteiger partial charge on any atom is 0.280 e. The number of hydrogen-bond donors (Lipinski definition) is 0. The number of methoxy groups -OCH3 is 1. The SMILES string of the molecule is COc1ccc(C(=O)[C@H](C)N(C(=O)c2ccc([N+](=O)[O-])cc2)N2C(=O)c3ccccc3C2=O)cc1. The van der Waals surface area contributed by atoms with Gasteiger partial charge in [-0.05, 0) is 55.5 Å². The monoisotopic (exact) mass is 473 g/mol. The van der Waals surface area contributed by atoms with Crippen LogP contribution >= 0.6 is 0 Å². The van der Waals surface area contributed by atoms with Gasteiger partial charge in [0.15, 0.2) is 5.78 Å². The zero-order chi connectivity index (χ0) is 25.3. The van der Waals surface area contributed by atoms with E-state index in [4.69, 9.17) is 4.74 Å². The Labute approximate surface area is 199 Å². The zero-order valence-corrected chi connectivity index (χ0v) is 18.7. The van der Waals surface area contributed by atoms with E-state index in [1.54, 1.807) is 24.3 Å². The number of ether oxygens (including phenoxy) is 1. The minimum atomic E-state index is -1.27. The smallest absolute Gasteiger partial charge is 0.280 e. The summed E-state index contributed by atoms with van der Waals surface area (Å²) < 4.78 is 5.10. The first-order valence-electron chi connectivity index (χ1n) is 10.5. The van der Waals surface area contributed by atoms with Crippen LogP contribution in [0, 0.1) is 10.1 Å². The molecule has 0 N–H and O–H groups in total. The number of benzene rings is 3. The number of ketones is 1. The standard InChI is InChI=1S/C25H19N3O7/c1-15(22(29)16-9-13-19(35-2)14-10-16)26(23(30)17-7-11-18(12-8-17)28(33)34)27-24(31)20-5-3-4-6-21(20)25(27)32/h3-15H,1-2H3/t15-/m0/s1. The van der Waals surface area contributed by atoms with Crippen LogP contribution in [0.4, 0.5) is 5.69 Å². The van der Waals surface area contributed by atoms with Crippen LogP contribution in [0.3, 0.4) is 0 Å². The molecule has 1 aliphatic rings. The van der Waals surface area contributed by atoms with Crippen molar-refractivity contribution in [1.82, 2.24) is 10.0 Å². The molecule has 3 amide bonds. The van der Waals surface area contributed by atoms with Crippen LogP contribution in [0.5, 0.6) is 5.75 Å². The summed E-state index contributed by atoms with van der Waals surface area (Å²) in [5.74, 6) is -2.36. The summed E-state index contributed by atoms with van der Waals surface area (Å²) in [5, 5.41) is 12.5. The second-order valence-corrected chi connectivity index (χ2v) is 7.69. The van der Waals surface area contributed by atoms with Crippen LogP contribution in [0.2, 0.25) is 0 Å². The lowest BCUT2D eigenvalue weighted by Gasteiger charge is -2.34. The number of nitro benzene ring substituents is 1. The van der Waals surface area contributed by atoms with Gasteiger partial charge in [0.1, 0.15) is 11.8 Å². The van der Waals surface area contributed by atoms with Crippen molar-refractivity contribution in [3.05, 3.63) is 105 Å². The van der Waals surface area contributed by atoms with E-state index in [2.05, 4.69) is 0 Å². The van der Waals surface area contributed by atoms with E-state index < -0.39 is 34.5 Å². The fourth-order valence-corrected chi connectivity index (χ4v) is 3.78. The highest BCUT2D eigenvalue weighted by atomic mass is 16.6. The summed E-state index contributed by atoms with van der Waals surface area (Å²) in [6.07, 6.45) is 0. The third-order valence-corrected chi connectivity index (χ3v) is 5.64. The first-order valence-corrected chi connectivity index (χ1v) is 10.5. The minimum absolute atomic E-state index is 0.0402. The number of nitrogens with zero attached hydrogens (tertiary/aromatic N) is 3. The van der Waals surface area contributed by atoms with Gasteiger partial charge in [-0.1, -0.05) is 12.1 Å². The summed E-state index contributed by atoms with van der Waals surface area (Å²) in [6, 6.07) is 15.6. The van der Waals surface area contributed by atoms with Crippen LogP contribution in [0.1, 0.15) is 48.4 Å². The maximum atomic E-state index is 13.6. The quantitative estimate of drug-likeness (QED) is 0.222. The summed E-state index contributed by atoms with van der Waals surface area (Å²) >= 11 is 0. The molecule has 0 saturated carbocycles. The van der Waals surface area contributed by atoms with Crippen molar-refractivity contribution in [3.8, 4) is 5.75 Å². The zero-order valence-electron chi connectivity index (χ0n) is 18.7. The van der Waals surface area contributed by atoms with E-state index in [1.165, 1.54) is 50.4 Å². The van der Waals surface area contributed by atoms with Crippen LogP contribution < -0.4 is 4.74 Å². The van der Waals surface area contributed by atoms with Crippen molar-refractivity contribution in [2.24, 2.45) is 0 Å². The predicted octanol–water partition coefficient (Wildman–Crippen LogP) is 3.53. The van der Waals surface area contributed by atoms with Crippen LogP contribution in [-0.4, -0.2) is 51.6 Å². The Balaban J connectivity index is 1.76. The molecule has 35 heavy (non-hydrogen) atoms. The molecule has 0 aromatic heterocycles. The van der Waals surface area contributed by atoms with Gasteiger partial charge in [0.05, 0.1) is 23.2 Å². The lowest BCUT2D eigenvalue weighted by atomic mass is 10.0. The van der Waals surface area contributed by atoms with Gasteiger partial charge >= 0.3 is 0 Å². The van der Waals surface area contributed by atoms with Crippen LogP contribution in [-0.2, 0) is 0 Å². The molecule has 10 nitrogen and oxygen atoms in total. The van der Waals surface area contributed by atoms with E-state index in [9.17, 15) is 29.3 Å². The summed E-state index contributed by atoms with van der Waals surface area (Å²) in [6.45, 7) is 1.40. The number of carbonyl (C=O) groups is 4. The molecule has 0 spiro atoms. The number of imide groups is 1. The molecule has 0 fully saturated rings. The van der Waals surface area contributed by atoms with E-state index in [0.29, 0.717) is 10.8 Å². The van der Waals surface area contributed by atoms with E-state index in [1.807, 2.05) is 0 Å². The lowest BCUT2D eigenvalue weighted by Crippen LogP contribution is -2.56. The lowest BCUT2D eigenvalue weighted by molar-refractivity contribution is -0.384. The van der Waals surface area contributed by atoms with Gasteiger partial charge < -0.3 is 4.74 Å². The number of non-ortho nitro benzene ring substituents is 1. The Morgan fingerprint density at radius 1 is 0.886 bits per heavy atom. The maximum absolute atomic E-state index is 13.6. The first kappa shape index (κ1) is 23.3. The van der Waals surface area contributed by atoms with Gasteiger partial charge in [-0.2, -0.15) is 5.01 Å². The average molecular weight is 473 g/mol. The molecule has 4 rings (SSSR count). The topological polar surface area (TPSA) is 127 Å². The Bertz CT molecular complexity index is 1320. The number of carbonyl (C=O) groups excluding carboxylic acids is 4. The van der Waals surface area contributed by atoms with E-state index in [0.717, 1.165) is 17.1 Å². The molecule has 0 aliphatic carbocycles. The van der Waals surface area contributed by atoms with E-state index >= 15 is 0 Å². The molecule has 1 heterocycles. The molecule has 0 unspecified atom stereocenters. The van der Waals surface area contributed by atoms with Crippen molar-refractivity contribution >= 4 is 29.2 Å². The molecule has 0 saturated heterocycles. The van der Waals surface area contributed by atoms with Crippen LogP contribution in [0.25, 0.3) is 0 Å². The van der Waals surface area contributed by atoms with Gasteiger partial charge in [-0.25, -0.2) is 5.01 Å². The van der Waals surface area contributed by atoms with Gasteiger partial charge in [-0.3, -0.25) is 29.3 Å². The Morgan fingerprint density at radius 2 is 1.40 bits per heavy atom. The fourth-order valence-electron chi connectivity index (χ4n) is 3.78. The van der Waals surface area contributed by atoms with Crippen LogP contribution in [0.15, 0.2) is 72.8 Å². The number of amides is 3. The van der Waals surface area contributed by atoms with Crippen molar-refractivity contribution in [3.63, 3.8) is 0 Å². The molecule has 3 aromatic rings. The van der Waals surface area contributed by atoms with Crippen molar-refractivity contribution in [2.75, 3.05) is 7.11 Å². The second-order valence-electron chi connectivity index (χ2n) is 7.69. The predicted molar refractivity (Wildman–Crippen MR) is 123 cm³/mol. The molecular weight excluding hydrogens is 454 g/mol. The number of hydrogen-bond acceptors (Lipinski definition) is 7. The molecular formula is C25H19N3O7. The van der Waals surface area contributed by atoms with Crippen molar-refractivity contribution in [1.29, 1.82) is 0 Å². The van der Waals surface area contributed by atoms with Crippen molar-refractivity contribution in [2.45, 2.75) is 13.0 Å².